The molecule has 0 saturated carbocycles. The molecule has 60 valence electrons. The Morgan fingerprint density at radius 2 is 1.10 bits per heavy atom. The molecular weight excluding hydrogens is 182 g/mol. The summed E-state index contributed by atoms with van der Waals surface area (Å²) in [5.41, 5.74) is 0. The van der Waals surface area contributed by atoms with Gasteiger partial charge >= 0.3 is 35.7 Å². The zero-order valence-corrected chi connectivity index (χ0v) is 6.39. The van der Waals surface area contributed by atoms with Crippen LogP contribution in [-0.2, 0) is 33.3 Å². The molecule has 0 unspecified atom stereocenters. The van der Waals surface area contributed by atoms with Crippen LogP contribution in [0.3, 0.4) is 0 Å². The van der Waals surface area contributed by atoms with Crippen molar-refractivity contribution in [3.63, 3.8) is 0 Å². The summed E-state index contributed by atoms with van der Waals surface area (Å²) in [6, 6.07) is 0. The minimum atomic E-state index is -1.82. The topological polar surface area (TPSA) is 158 Å². The van der Waals surface area contributed by atoms with E-state index in [1.54, 1.807) is 0 Å². The molecule has 0 bridgehead atoms. The van der Waals surface area contributed by atoms with E-state index in [-0.39, 0.29) is 11.6 Å². The first-order valence-corrected chi connectivity index (χ1v) is 1.95. The number of carboxylic acids is 2. The van der Waals surface area contributed by atoms with E-state index in [4.69, 9.17) is 23.1 Å². The van der Waals surface area contributed by atoms with Gasteiger partial charge in [0.15, 0.2) is 0 Å². The van der Waals surface area contributed by atoms with E-state index in [1.165, 1.54) is 0 Å². The van der Waals surface area contributed by atoms with Crippen LogP contribution in [0.5, 0.6) is 0 Å². The van der Waals surface area contributed by atoms with E-state index in [0.29, 0.717) is 0 Å². The van der Waals surface area contributed by atoms with Crippen molar-refractivity contribution in [2.45, 2.75) is 0 Å². The minimum absolute atomic E-state index is 0. The molecule has 0 fully saturated rings. The summed E-state index contributed by atoms with van der Waals surface area (Å²) < 4.78 is 8.25. The van der Waals surface area contributed by atoms with Gasteiger partial charge < -0.3 is 21.8 Å². The Morgan fingerprint density at radius 3 is 1.10 bits per heavy atom. The average Bonchev–Trinajstić information content (AvgIpc) is 1.72. The maximum atomic E-state index is 9.10. The molecule has 0 heterocycles. The fourth-order valence-corrected chi connectivity index (χ4v) is 0. The predicted molar refractivity (Wildman–Crippen MR) is 24.6 cm³/mol. The van der Waals surface area contributed by atoms with Crippen LogP contribution in [-0.4, -0.2) is 27.6 Å². The van der Waals surface area contributed by atoms with Crippen molar-refractivity contribution >= 4 is 11.9 Å². The van der Waals surface area contributed by atoms with Crippen molar-refractivity contribution in [1.29, 1.82) is 0 Å². The zero-order chi connectivity index (χ0) is 7.15. The molecule has 0 spiro atoms. The van der Waals surface area contributed by atoms with Crippen molar-refractivity contribution in [3.8, 4) is 0 Å². The Bertz CT molecular complexity index is 91.9. The van der Waals surface area contributed by atoms with Crippen molar-refractivity contribution in [3.05, 3.63) is 0 Å². The van der Waals surface area contributed by atoms with Gasteiger partial charge in [-0.3, -0.25) is 0 Å². The van der Waals surface area contributed by atoms with Crippen LogP contribution in [0.1, 0.15) is 0 Å². The molecule has 0 saturated heterocycles. The Balaban J connectivity index is -0.0000000412. The molecular formula is C2H7NO6Ti. The van der Waals surface area contributed by atoms with E-state index in [9.17, 15) is 0 Å². The van der Waals surface area contributed by atoms with Gasteiger partial charge in [0.05, 0.1) is 0 Å². The van der Waals surface area contributed by atoms with Gasteiger partial charge in [0.2, 0.25) is 0 Å². The van der Waals surface area contributed by atoms with Gasteiger partial charge in [0.1, 0.15) is 0 Å². The summed E-state index contributed by atoms with van der Waals surface area (Å²) in [5.74, 6) is -3.65. The molecule has 0 aliphatic carbocycles. The third kappa shape index (κ3) is 26.3. The van der Waals surface area contributed by atoms with Crippen LogP contribution >= 0.6 is 0 Å². The van der Waals surface area contributed by atoms with Gasteiger partial charge in [-0.05, 0) is 0 Å². The Hall–Kier alpha value is -0.626. The number of aliphatic carboxylic acids is 2. The van der Waals surface area contributed by atoms with Gasteiger partial charge in [-0.25, -0.2) is 9.59 Å². The predicted octanol–water partition coefficient (Wildman–Crippen LogP) is -1.63. The zero-order valence-electron chi connectivity index (χ0n) is 4.83. The van der Waals surface area contributed by atoms with Crippen molar-refractivity contribution in [1.82, 2.24) is 6.15 Å². The Kier molecular flexibility index (Phi) is 35.9. The second-order valence-electron chi connectivity index (χ2n) is 0.610. The van der Waals surface area contributed by atoms with Crippen LogP contribution in [0.4, 0.5) is 0 Å². The molecule has 7 nitrogen and oxygen atoms in total. The maximum absolute atomic E-state index is 9.10. The SMILES string of the molecule is N.O.O=C(O)C(=O)O.[O]=[Ti]. The normalized spacial score (nSPS) is 4.70. The number of rotatable bonds is 0. The van der Waals surface area contributed by atoms with Crippen molar-refractivity contribution in [2.75, 3.05) is 0 Å². The fraction of sp³-hybridized carbons (Fsp3) is 0. The molecule has 0 rings (SSSR count). The molecule has 8 heteroatoms. The van der Waals surface area contributed by atoms with Crippen LogP contribution in [0.2, 0.25) is 0 Å². The van der Waals surface area contributed by atoms with Crippen molar-refractivity contribution < 1.29 is 49.0 Å². The summed E-state index contributed by atoms with van der Waals surface area (Å²) in [5, 5.41) is 14.8. The first kappa shape index (κ1) is 22.8. The summed E-state index contributed by atoms with van der Waals surface area (Å²) in [7, 11) is 0. The van der Waals surface area contributed by atoms with Gasteiger partial charge in [0.25, 0.3) is 0 Å². The molecule has 0 radical (unpaired) electrons. The third-order valence-electron chi connectivity index (χ3n) is 0.183. The number of hydrogen-bond donors (Lipinski definition) is 3. The molecule has 0 aliphatic rings. The average molecular weight is 189 g/mol. The van der Waals surface area contributed by atoms with Crippen LogP contribution < -0.4 is 6.15 Å². The van der Waals surface area contributed by atoms with Crippen LogP contribution in [0.15, 0.2) is 0 Å². The van der Waals surface area contributed by atoms with Crippen LogP contribution in [0.25, 0.3) is 0 Å². The molecule has 0 atom stereocenters. The van der Waals surface area contributed by atoms with Crippen molar-refractivity contribution in [2.24, 2.45) is 0 Å². The molecule has 0 aromatic carbocycles. The van der Waals surface area contributed by atoms with E-state index >= 15 is 0 Å². The number of carbonyl (C=O) groups is 2. The molecule has 7 N–H and O–H groups in total. The van der Waals surface area contributed by atoms with E-state index in [0.717, 1.165) is 20.4 Å². The second kappa shape index (κ2) is 15.8. The Morgan fingerprint density at radius 1 is 1.00 bits per heavy atom. The molecule has 0 aliphatic heterocycles. The monoisotopic (exact) mass is 189 g/mol. The third-order valence-corrected chi connectivity index (χ3v) is 0.183. The fourth-order valence-electron chi connectivity index (χ4n) is 0. The van der Waals surface area contributed by atoms with E-state index in [1.807, 2.05) is 0 Å². The number of carboxylic acid groups (broad SMARTS) is 2. The quantitative estimate of drug-likeness (QED) is 0.306. The molecule has 0 amide bonds. The second-order valence-corrected chi connectivity index (χ2v) is 0.610. The van der Waals surface area contributed by atoms with Gasteiger partial charge in [-0.15, -0.1) is 0 Å². The van der Waals surface area contributed by atoms with Crippen LogP contribution in [0, 0.1) is 0 Å². The van der Waals surface area contributed by atoms with Gasteiger partial charge in [-0.2, -0.15) is 0 Å². The van der Waals surface area contributed by atoms with E-state index < -0.39 is 11.9 Å². The molecule has 0 aromatic heterocycles. The summed E-state index contributed by atoms with van der Waals surface area (Å²) in [6.07, 6.45) is 0. The first-order valence-electron chi connectivity index (χ1n) is 1.31. The van der Waals surface area contributed by atoms with E-state index in [2.05, 4.69) is 0 Å². The summed E-state index contributed by atoms with van der Waals surface area (Å²) in [6.45, 7) is 0. The summed E-state index contributed by atoms with van der Waals surface area (Å²) >= 11 is 0.750. The standard InChI is InChI=1S/C2H2O4.H3N.H2O.O.Ti/c3-1(4)2(5)6;;;;/h(H,3,4)(H,5,6);1H3;1H2;;. The summed E-state index contributed by atoms with van der Waals surface area (Å²) in [4.78, 5) is 18.2. The number of hydrogen-bond acceptors (Lipinski definition) is 4. The Labute approximate surface area is 67.7 Å². The molecule has 10 heavy (non-hydrogen) atoms. The van der Waals surface area contributed by atoms with Gasteiger partial charge in [0, 0.05) is 0 Å². The first-order chi connectivity index (χ1) is 3.64. The molecule has 0 aromatic rings. The van der Waals surface area contributed by atoms with Gasteiger partial charge in [-0.1, -0.05) is 0 Å².